The lowest BCUT2D eigenvalue weighted by Gasteiger charge is -2.35. The number of anilines is 6. The summed E-state index contributed by atoms with van der Waals surface area (Å²) in [6.07, 6.45) is 9.98. The van der Waals surface area contributed by atoms with Crippen LogP contribution in [0.1, 0.15) is 169 Å². The van der Waals surface area contributed by atoms with Gasteiger partial charge in [-0.2, -0.15) is 13.2 Å². The molecule has 6 aromatic rings. The third-order valence-electron chi connectivity index (χ3n) is 22.0. The van der Waals surface area contributed by atoms with Crippen molar-refractivity contribution in [3.05, 3.63) is 154 Å². The van der Waals surface area contributed by atoms with E-state index in [2.05, 4.69) is 61.0 Å². The average Bonchev–Trinajstić information content (AvgIpc) is 1.49. The van der Waals surface area contributed by atoms with Crippen molar-refractivity contribution >= 4 is 82.0 Å². The third-order valence-corrected chi connectivity index (χ3v) is 22.2. The van der Waals surface area contributed by atoms with E-state index in [-0.39, 0.29) is 54.8 Å². The number of hydrogen-bond donors (Lipinski definition) is 1. The Hall–Kier alpha value is -7.87. The van der Waals surface area contributed by atoms with Crippen molar-refractivity contribution in [2.75, 3.05) is 154 Å². The van der Waals surface area contributed by atoms with E-state index < -0.39 is 17.5 Å². The summed E-state index contributed by atoms with van der Waals surface area (Å²) in [5, 5.41) is 10.7. The fraction of sp³-hybridized carbons (Fsp3) is 0.544. The van der Waals surface area contributed by atoms with Crippen molar-refractivity contribution in [3.63, 3.8) is 0 Å². The van der Waals surface area contributed by atoms with Crippen molar-refractivity contribution in [2.24, 2.45) is 16.2 Å². The molecule has 9 aliphatic rings. The molecule has 9 fully saturated rings. The van der Waals surface area contributed by atoms with Crippen LogP contribution in [-0.2, 0) is 43.8 Å². The number of nitrogens with zero attached hydrogens (tertiary/aromatic N) is 12. The van der Waals surface area contributed by atoms with Gasteiger partial charge in [0.15, 0.2) is 28.7 Å². The van der Waals surface area contributed by atoms with Crippen LogP contribution < -0.4 is 29.4 Å². The predicted octanol–water partition coefficient (Wildman–Crippen LogP) is 13.0. The van der Waals surface area contributed by atoms with Crippen molar-refractivity contribution in [3.8, 4) is 0 Å². The molecule has 0 amide bonds. The van der Waals surface area contributed by atoms with Crippen molar-refractivity contribution < 1.29 is 56.4 Å². The van der Waals surface area contributed by atoms with E-state index in [1.54, 1.807) is 36.4 Å². The normalized spacial score (nSPS) is 19.6. The monoisotopic (exact) mass is 1490 g/mol. The van der Waals surface area contributed by atoms with Gasteiger partial charge in [-0.25, -0.2) is 29.9 Å². The van der Waals surface area contributed by atoms with Crippen LogP contribution in [-0.4, -0.2) is 189 Å². The van der Waals surface area contributed by atoms with E-state index in [0.717, 1.165) is 125 Å². The SMILES string of the molecule is C=C(C)OCC.CC(=O)c1ccc(CC(=O)c2cccc(N3CCOCC3)n2)c(N2CCC3(CC2)CC3)n1.CC(O)(c1ccc(CC(=O)c2cccc(N3CCOCC3)n2)c(N2CCC3(CC2)CC3)n1)C(F)(F)F.Cl.O=C(Cc1ccc(Cl)nc1N1CCC2(CC1)CC2)c1cccc(N2CCOCC2)n1. The molecule has 105 heavy (non-hydrogen) atoms. The Balaban J connectivity index is 0.000000151. The minimum Gasteiger partial charge on any atom is -0.499 e. The molecule has 6 aliphatic heterocycles. The zero-order valence-corrected chi connectivity index (χ0v) is 62.5. The molecule has 26 heteroatoms. The van der Waals surface area contributed by atoms with E-state index in [1.807, 2.05) is 61.2 Å². The molecule has 15 rings (SSSR count). The Morgan fingerprint density at radius 2 is 0.800 bits per heavy atom. The first-order chi connectivity index (χ1) is 50.0. The van der Waals surface area contributed by atoms with E-state index in [1.165, 1.54) is 70.4 Å². The molecule has 12 heterocycles. The summed E-state index contributed by atoms with van der Waals surface area (Å²) in [4.78, 5) is 91.8. The Morgan fingerprint density at radius 3 is 1.11 bits per heavy atom. The zero-order chi connectivity index (χ0) is 73.2. The number of Topliss-reactive ketones (excluding diaryl/α,β-unsaturated/α-hetero) is 4. The fourth-order valence-electron chi connectivity index (χ4n) is 14.5. The molecule has 6 saturated heterocycles. The number of ether oxygens (including phenoxy) is 4. The smallest absolute Gasteiger partial charge is 0.422 e. The highest BCUT2D eigenvalue weighted by Crippen LogP contribution is 2.56. The number of ketones is 4. The van der Waals surface area contributed by atoms with Gasteiger partial charge in [0.25, 0.3) is 0 Å². The van der Waals surface area contributed by atoms with E-state index >= 15 is 0 Å². The standard InChI is InChI=1S/C26H31F3N4O3.C25H30N4O3.C23H27ClN4O2.C5H10O.ClH/c1-24(35,26(27,28)29)21-6-5-18(23(31-21)33-11-9-25(7-8-25)10-12-33)17-20(34)19-3-2-4-22(30-19)32-13-15-36-16-14-32;1-18(30)20-6-5-19(24(27-20)29-11-9-25(7-8-25)10-12-29)17-22(31)21-3-2-4-23(26-21)28-13-15-32-16-14-28;24-20-5-4-17(22(26-20)28-10-8-23(6-7-23)9-11-28)16-19(29)18-2-1-3-21(25-18)27-12-14-30-15-13-27;1-4-6-5(2)3;/h2-6,35H,7-17H2,1H3;2-6H,7-17H2,1H3;1-5H,6-16H2;2,4H2,1,3H3;1H. The Kier molecular flexibility index (Phi) is 25.6. The van der Waals surface area contributed by atoms with Gasteiger partial charge < -0.3 is 53.5 Å². The number of hydrogen-bond acceptors (Lipinski definition) is 21. The summed E-state index contributed by atoms with van der Waals surface area (Å²) in [6, 6.07) is 26.6. The van der Waals surface area contributed by atoms with Crippen LogP contribution >= 0.6 is 24.0 Å². The minimum absolute atomic E-state index is 0. The average molecular weight is 1490 g/mol. The van der Waals surface area contributed by atoms with Crippen LogP contribution in [0.25, 0.3) is 0 Å². The summed E-state index contributed by atoms with van der Waals surface area (Å²) < 4.78 is 61.7. The van der Waals surface area contributed by atoms with Crippen LogP contribution in [0, 0.1) is 16.2 Å². The van der Waals surface area contributed by atoms with Crippen LogP contribution in [0.5, 0.6) is 0 Å². The summed E-state index contributed by atoms with van der Waals surface area (Å²) >= 11 is 6.21. The summed E-state index contributed by atoms with van der Waals surface area (Å²) in [5.74, 6) is 4.80. The molecule has 0 radical (unpaired) electrons. The first kappa shape index (κ1) is 78.2. The van der Waals surface area contributed by atoms with Gasteiger partial charge in [0, 0.05) is 121 Å². The number of piperidine rings is 3. The van der Waals surface area contributed by atoms with Crippen LogP contribution in [0.4, 0.5) is 48.1 Å². The highest BCUT2D eigenvalue weighted by atomic mass is 35.5. The largest absolute Gasteiger partial charge is 0.499 e. The van der Waals surface area contributed by atoms with Gasteiger partial charge >= 0.3 is 6.18 Å². The maximum absolute atomic E-state index is 13.5. The van der Waals surface area contributed by atoms with E-state index in [9.17, 15) is 37.5 Å². The van der Waals surface area contributed by atoms with Crippen molar-refractivity contribution in [2.45, 2.75) is 136 Å². The number of alkyl halides is 3. The first-order valence-electron chi connectivity index (χ1n) is 37.0. The number of carbonyl (C=O) groups excluding carboxylic acids is 4. The Bertz CT molecular complexity index is 4010. The van der Waals surface area contributed by atoms with E-state index in [0.29, 0.717) is 134 Å². The maximum Gasteiger partial charge on any atom is 0.422 e. The first-order valence-corrected chi connectivity index (χ1v) is 37.4. The number of aliphatic hydroxyl groups is 1. The van der Waals surface area contributed by atoms with Gasteiger partial charge in [-0.15, -0.1) is 12.4 Å². The molecule has 21 nitrogen and oxygen atoms in total. The predicted molar refractivity (Wildman–Crippen MR) is 402 cm³/mol. The molecular weight excluding hydrogens is 1390 g/mol. The molecule has 1 atom stereocenters. The molecular formula is C79H99Cl2F3N12O9. The Morgan fingerprint density at radius 1 is 0.467 bits per heavy atom. The Labute approximate surface area is 625 Å². The highest BCUT2D eigenvalue weighted by Gasteiger charge is 2.53. The summed E-state index contributed by atoms with van der Waals surface area (Å²) in [7, 11) is 0. The van der Waals surface area contributed by atoms with Gasteiger partial charge in [0.05, 0.1) is 57.7 Å². The van der Waals surface area contributed by atoms with Gasteiger partial charge in [-0.1, -0.05) is 54.6 Å². The molecule has 1 N–H and O–H groups in total. The van der Waals surface area contributed by atoms with Gasteiger partial charge in [-0.3, -0.25) is 19.2 Å². The highest BCUT2D eigenvalue weighted by molar-refractivity contribution is 6.29. The molecule has 3 saturated carbocycles. The third kappa shape index (κ3) is 20.0. The molecule has 0 bridgehead atoms. The van der Waals surface area contributed by atoms with Crippen LogP contribution in [0.2, 0.25) is 5.15 Å². The van der Waals surface area contributed by atoms with Gasteiger partial charge in [0.1, 0.15) is 62.8 Å². The van der Waals surface area contributed by atoms with Crippen LogP contribution in [0.3, 0.4) is 0 Å². The molecule has 1 unspecified atom stereocenters. The number of morpholine rings is 3. The molecule has 6 aromatic heterocycles. The second-order valence-corrected chi connectivity index (χ2v) is 29.8. The van der Waals surface area contributed by atoms with Crippen molar-refractivity contribution in [1.29, 1.82) is 0 Å². The number of carbonyl (C=O) groups is 4. The maximum atomic E-state index is 13.5. The van der Waals surface area contributed by atoms with E-state index in [4.69, 9.17) is 30.5 Å². The number of halogens is 5. The number of allylic oxidation sites excluding steroid dienone is 1. The van der Waals surface area contributed by atoms with Crippen molar-refractivity contribution in [1.82, 2.24) is 29.9 Å². The quantitative estimate of drug-likeness (QED) is 0.0452. The van der Waals surface area contributed by atoms with Crippen LogP contribution in [0.15, 0.2) is 103 Å². The number of rotatable bonds is 19. The van der Waals surface area contributed by atoms with Gasteiger partial charge in [0.2, 0.25) is 0 Å². The van der Waals surface area contributed by atoms with Gasteiger partial charge in [-0.05, 0) is 169 Å². The topological polar surface area (TPSA) is 222 Å². The zero-order valence-electron chi connectivity index (χ0n) is 60.9. The second-order valence-electron chi connectivity index (χ2n) is 29.4. The molecule has 0 aromatic carbocycles. The summed E-state index contributed by atoms with van der Waals surface area (Å²) in [6.45, 7) is 23.9. The minimum atomic E-state index is -4.88. The molecule has 564 valence electrons. The second kappa shape index (κ2) is 34.4. The lowest BCUT2D eigenvalue weighted by Crippen LogP contribution is -2.41. The lowest BCUT2D eigenvalue weighted by molar-refractivity contribution is -0.260. The number of aromatic nitrogens is 6. The summed E-state index contributed by atoms with van der Waals surface area (Å²) in [5.41, 5.74) is 1.98. The molecule has 3 aliphatic carbocycles. The fourth-order valence-corrected chi connectivity index (χ4v) is 14.7. The molecule has 3 spiro atoms. The lowest BCUT2D eigenvalue weighted by atomic mass is 9.93. The number of pyridine rings is 6.